The van der Waals surface area contributed by atoms with Gasteiger partial charge in [-0.05, 0) is 56.4 Å². The van der Waals surface area contributed by atoms with E-state index in [0.29, 0.717) is 12.1 Å². The monoisotopic (exact) mass is 332 g/mol. The van der Waals surface area contributed by atoms with E-state index in [-0.39, 0.29) is 18.1 Å². The van der Waals surface area contributed by atoms with Crippen LogP contribution in [0.1, 0.15) is 42.5 Å². The molecule has 0 spiro atoms. The summed E-state index contributed by atoms with van der Waals surface area (Å²) in [6, 6.07) is 7.83. The van der Waals surface area contributed by atoms with Crippen LogP contribution in [0.2, 0.25) is 0 Å². The Hall–Kier alpha value is -1.59. The third kappa shape index (κ3) is 4.28. The number of likely N-dealkylation sites (N-methyl/N-ethyl adjacent to an activating group) is 1. The number of aliphatic hydroxyl groups is 1. The summed E-state index contributed by atoms with van der Waals surface area (Å²) in [7, 11) is 1.85. The standard InChI is InChI=1S/C19H28N2O3/c1-20(14-18-4-2-3-13-24-18)19(23)15-5-7-16(8-6-15)21-11-9-17(22)10-12-21/h5-8,17-18,22H,2-4,9-14H2,1H3. The molecule has 2 saturated heterocycles. The van der Waals surface area contributed by atoms with Crippen LogP contribution in [0.15, 0.2) is 24.3 Å². The lowest BCUT2D eigenvalue weighted by atomic mass is 10.1. The highest BCUT2D eigenvalue weighted by molar-refractivity contribution is 5.94. The molecule has 1 N–H and O–H groups in total. The van der Waals surface area contributed by atoms with Crippen molar-refractivity contribution in [1.29, 1.82) is 0 Å². The van der Waals surface area contributed by atoms with Crippen LogP contribution in [0.25, 0.3) is 0 Å². The van der Waals surface area contributed by atoms with Gasteiger partial charge < -0.3 is 19.6 Å². The van der Waals surface area contributed by atoms with Gasteiger partial charge in [0.25, 0.3) is 5.91 Å². The van der Waals surface area contributed by atoms with Crippen molar-refractivity contribution >= 4 is 11.6 Å². The summed E-state index contributed by atoms with van der Waals surface area (Å²) in [5.74, 6) is 0.0461. The SMILES string of the molecule is CN(CC1CCCCO1)C(=O)c1ccc(N2CCC(O)CC2)cc1. The lowest BCUT2D eigenvalue weighted by molar-refractivity contribution is -0.000187. The summed E-state index contributed by atoms with van der Waals surface area (Å²) in [5.41, 5.74) is 1.84. The Bertz CT molecular complexity index is 532. The van der Waals surface area contributed by atoms with Crippen molar-refractivity contribution < 1.29 is 14.6 Å². The van der Waals surface area contributed by atoms with Crippen LogP contribution in [-0.2, 0) is 4.74 Å². The minimum Gasteiger partial charge on any atom is -0.393 e. The van der Waals surface area contributed by atoms with Gasteiger partial charge in [-0.2, -0.15) is 0 Å². The lowest BCUT2D eigenvalue weighted by Gasteiger charge is -2.31. The van der Waals surface area contributed by atoms with Crippen LogP contribution in [0.5, 0.6) is 0 Å². The molecule has 1 atom stereocenters. The highest BCUT2D eigenvalue weighted by Crippen LogP contribution is 2.21. The second kappa shape index (κ2) is 7.99. The Kier molecular flexibility index (Phi) is 5.74. The molecule has 24 heavy (non-hydrogen) atoms. The van der Waals surface area contributed by atoms with Crippen molar-refractivity contribution in [2.45, 2.75) is 44.3 Å². The number of rotatable bonds is 4. The highest BCUT2D eigenvalue weighted by Gasteiger charge is 2.21. The molecule has 1 amide bonds. The van der Waals surface area contributed by atoms with Gasteiger partial charge in [0.05, 0.1) is 12.2 Å². The Morgan fingerprint density at radius 2 is 1.92 bits per heavy atom. The molecular weight excluding hydrogens is 304 g/mol. The molecule has 2 aliphatic heterocycles. The molecule has 5 heteroatoms. The number of carbonyl (C=O) groups excluding carboxylic acids is 1. The fourth-order valence-corrected chi connectivity index (χ4v) is 3.50. The van der Waals surface area contributed by atoms with Crippen LogP contribution in [0, 0.1) is 0 Å². The maximum absolute atomic E-state index is 12.6. The van der Waals surface area contributed by atoms with Crippen molar-refractivity contribution in [2.75, 3.05) is 38.2 Å². The number of nitrogens with zero attached hydrogens (tertiary/aromatic N) is 2. The number of amides is 1. The van der Waals surface area contributed by atoms with Gasteiger partial charge in [0.1, 0.15) is 0 Å². The molecule has 0 radical (unpaired) electrons. The zero-order chi connectivity index (χ0) is 16.9. The first-order valence-electron chi connectivity index (χ1n) is 9.03. The van der Waals surface area contributed by atoms with Crippen molar-refractivity contribution in [3.05, 3.63) is 29.8 Å². The quantitative estimate of drug-likeness (QED) is 0.919. The first-order valence-corrected chi connectivity index (χ1v) is 9.03. The van der Waals surface area contributed by atoms with E-state index >= 15 is 0 Å². The summed E-state index contributed by atoms with van der Waals surface area (Å²) >= 11 is 0. The van der Waals surface area contributed by atoms with E-state index in [1.807, 2.05) is 31.3 Å². The zero-order valence-corrected chi connectivity index (χ0v) is 14.5. The van der Waals surface area contributed by atoms with E-state index < -0.39 is 0 Å². The van der Waals surface area contributed by atoms with E-state index in [1.165, 1.54) is 6.42 Å². The predicted octanol–water partition coefficient (Wildman–Crippen LogP) is 2.29. The molecule has 3 rings (SSSR count). The number of anilines is 1. The number of piperidine rings is 1. The second-order valence-electron chi connectivity index (χ2n) is 6.94. The molecule has 0 saturated carbocycles. The normalized spacial score (nSPS) is 22.4. The molecule has 2 fully saturated rings. The van der Waals surface area contributed by atoms with Crippen LogP contribution in [0.3, 0.4) is 0 Å². The fraction of sp³-hybridized carbons (Fsp3) is 0.632. The van der Waals surface area contributed by atoms with Gasteiger partial charge in [0, 0.05) is 44.5 Å². The van der Waals surface area contributed by atoms with Gasteiger partial charge in [-0.25, -0.2) is 0 Å². The lowest BCUT2D eigenvalue weighted by Crippen LogP contribution is -2.37. The summed E-state index contributed by atoms with van der Waals surface area (Å²) in [6.45, 7) is 3.21. The maximum Gasteiger partial charge on any atom is 0.253 e. The molecule has 5 nitrogen and oxygen atoms in total. The third-order valence-electron chi connectivity index (χ3n) is 5.04. The Labute approximate surface area is 144 Å². The topological polar surface area (TPSA) is 53.0 Å². The smallest absolute Gasteiger partial charge is 0.253 e. The number of benzene rings is 1. The number of aliphatic hydroxyl groups excluding tert-OH is 1. The summed E-state index contributed by atoms with van der Waals surface area (Å²) < 4.78 is 5.72. The number of carbonyl (C=O) groups is 1. The molecule has 2 aliphatic rings. The largest absolute Gasteiger partial charge is 0.393 e. The van der Waals surface area contributed by atoms with E-state index in [4.69, 9.17) is 4.74 Å². The summed E-state index contributed by atoms with van der Waals surface area (Å²) in [6.07, 6.45) is 4.98. The van der Waals surface area contributed by atoms with Gasteiger partial charge in [-0.15, -0.1) is 0 Å². The van der Waals surface area contributed by atoms with Crippen molar-refractivity contribution in [3.63, 3.8) is 0 Å². The fourth-order valence-electron chi connectivity index (χ4n) is 3.50. The molecule has 1 aromatic rings. The molecule has 0 aromatic heterocycles. The van der Waals surface area contributed by atoms with Gasteiger partial charge >= 0.3 is 0 Å². The molecule has 2 heterocycles. The second-order valence-corrected chi connectivity index (χ2v) is 6.94. The summed E-state index contributed by atoms with van der Waals surface area (Å²) in [5, 5.41) is 9.60. The van der Waals surface area contributed by atoms with E-state index in [2.05, 4.69) is 4.90 Å². The van der Waals surface area contributed by atoms with E-state index in [1.54, 1.807) is 4.90 Å². The number of hydrogen-bond acceptors (Lipinski definition) is 4. The number of ether oxygens (including phenoxy) is 1. The molecular formula is C19H28N2O3. The van der Waals surface area contributed by atoms with E-state index in [9.17, 15) is 9.90 Å². The minimum absolute atomic E-state index is 0.0461. The predicted molar refractivity (Wildman–Crippen MR) is 94.4 cm³/mol. The molecule has 132 valence electrons. The Morgan fingerprint density at radius 3 is 2.54 bits per heavy atom. The molecule has 1 aromatic carbocycles. The Morgan fingerprint density at radius 1 is 1.21 bits per heavy atom. The van der Waals surface area contributed by atoms with Gasteiger partial charge in [0.15, 0.2) is 0 Å². The average molecular weight is 332 g/mol. The first-order chi connectivity index (χ1) is 11.6. The van der Waals surface area contributed by atoms with Crippen LogP contribution in [0.4, 0.5) is 5.69 Å². The highest BCUT2D eigenvalue weighted by atomic mass is 16.5. The zero-order valence-electron chi connectivity index (χ0n) is 14.5. The van der Waals surface area contributed by atoms with Crippen molar-refractivity contribution in [1.82, 2.24) is 4.90 Å². The van der Waals surface area contributed by atoms with Crippen molar-refractivity contribution in [2.24, 2.45) is 0 Å². The van der Waals surface area contributed by atoms with Gasteiger partial charge in [-0.3, -0.25) is 4.79 Å². The first kappa shape index (κ1) is 17.2. The van der Waals surface area contributed by atoms with Gasteiger partial charge in [-0.1, -0.05) is 0 Å². The minimum atomic E-state index is -0.169. The van der Waals surface area contributed by atoms with Crippen LogP contribution in [-0.4, -0.2) is 61.4 Å². The van der Waals surface area contributed by atoms with E-state index in [0.717, 1.165) is 51.1 Å². The molecule has 0 bridgehead atoms. The third-order valence-corrected chi connectivity index (χ3v) is 5.04. The molecule has 0 aliphatic carbocycles. The summed E-state index contributed by atoms with van der Waals surface area (Å²) in [4.78, 5) is 16.6. The molecule has 1 unspecified atom stereocenters. The maximum atomic E-state index is 12.6. The average Bonchev–Trinajstić information content (AvgIpc) is 2.63. The van der Waals surface area contributed by atoms with Crippen LogP contribution < -0.4 is 4.90 Å². The number of hydrogen-bond donors (Lipinski definition) is 1. The van der Waals surface area contributed by atoms with Crippen molar-refractivity contribution in [3.8, 4) is 0 Å². The van der Waals surface area contributed by atoms with Crippen LogP contribution >= 0.6 is 0 Å². The van der Waals surface area contributed by atoms with Gasteiger partial charge in [0.2, 0.25) is 0 Å². The Balaban J connectivity index is 1.56.